The maximum Gasteiger partial charge on any atom is 0.128 e. The molecule has 0 fully saturated rings. The highest BCUT2D eigenvalue weighted by Gasteiger charge is 2.10. The van der Waals surface area contributed by atoms with Gasteiger partial charge in [-0.05, 0) is 36.8 Å². The first-order valence-corrected chi connectivity index (χ1v) is 6.14. The third-order valence-electron chi connectivity index (χ3n) is 3.17. The van der Waals surface area contributed by atoms with E-state index in [0.717, 1.165) is 33.5 Å². The Morgan fingerprint density at radius 3 is 2.79 bits per heavy atom. The van der Waals surface area contributed by atoms with E-state index < -0.39 is 0 Å². The number of benzene rings is 1. The molecule has 0 radical (unpaired) electrons. The number of pyridine rings is 2. The summed E-state index contributed by atoms with van der Waals surface area (Å²) in [5, 5.41) is 1.05. The van der Waals surface area contributed by atoms with Crippen molar-refractivity contribution in [2.24, 2.45) is 0 Å². The number of methoxy groups -OCH3 is 1. The topological polar surface area (TPSA) is 35.0 Å². The molecule has 0 N–H and O–H groups in total. The summed E-state index contributed by atoms with van der Waals surface area (Å²) in [7, 11) is 1.68. The predicted octanol–water partition coefficient (Wildman–Crippen LogP) is 3.61. The first-order valence-electron chi connectivity index (χ1n) is 6.14. The maximum atomic E-state index is 5.41. The molecule has 1 aromatic carbocycles. The van der Waals surface area contributed by atoms with Gasteiger partial charge in [0, 0.05) is 23.3 Å². The molecule has 94 valence electrons. The summed E-state index contributed by atoms with van der Waals surface area (Å²) in [5.74, 6) is 0.839. The number of ether oxygens (including phenoxy) is 1. The third-order valence-corrected chi connectivity index (χ3v) is 3.17. The molecule has 0 unspecified atom stereocenters. The van der Waals surface area contributed by atoms with Crippen LogP contribution in [0, 0.1) is 6.92 Å². The van der Waals surface area contributed by atoms with Crippen molar-refractivity contribution in [3.63, 3.8) is 0 Å². The lowest BCUT2D eigenvalue weighted by Gasteiger charge is -2.11. The molecule has 0 aliphatic carbocycles. The largest absolute Gasteiger partial charge is 0.496 e. The van der Waals surface area contributed by atoms with Crippen molar-refractivity contribution >= 4 is 10.9 Å². The fourth-order valence-electron chi connectivity index (χ4n) is 2.24. The van der Waals surface area contributed by atoms with Crippen LogP contribution in [0.4, 0.5) is 0 Å². The summed E-state index contributed by atoms with van der Waals surface area (Å²) >= 11 is 0. The predicted molar refractivity (Wildman–Crippen MR) is 76.3 cm³/mol. The van der Waals surface area contributed by atoms with E-state index in [9.17, 15) is 0 Å². The summed E-state index contributed by atoms with van der Waals surface area (Å²) in [4.78, 5) is 8.86. The minimum absolute atomic E-state index is 0.839. The van der Waals surface area contributed by atoms with Gasteiger partial charge in [-0.2, -0.15) is 0 Å². The molecule has 3 aromatic rings. The van der Waals surface area contributed by atoms with E-state index >= 15 is 0 Å². The number of para-hydroxylation sites is 1. The highest BCUT2D eigenvalue weighted by atomic mass is 16.5. The van der Waals surface area contributed by atoms with Crippen LogP contribution in [-0.2, 0) is 0 Å². The monoisotopic (exact) mass is 250 g/mol. The van der Waals surface area contributed by atoms with Gasteiger partial charge < -0.3 is 4.74 Å². The lowest BCUT2D eigenvalue weighted by atomic mass is 10.0. The molecule has 0 saturated heterocycles. The molecule has 0 aliphatic heterocycles. The van der Waals surface area contributed by atoms with E-state index in [1.807, 2.05) is 36.5 Å². The van der Waals surface area contributed by atoms with Gasteiger partial charge in [0.25, 0.3) is 0 Å². The van der Waals surface area contributed by atoms with Gasteiger partial charge in [-0.1, -0.05) is 12.1 Å². The molecular weight excluding hydrogens is 236 g/mol. The van der Waals surface area contributed by atoms with Crippen LogP contribution in [0.3, 0.4) is 0 Å². The number of aromatic nitrogens is 2. The fourth-order valence-corrected chi connectivity index (χ4v) is 2.24. The summed E-state index contributed by atoms with van der Waals surface area (Å²) in [6.07, 6.45) is 3.60. The van der Waals surface area contributed by atoms with Crippen LogP contribution in [0.25, 0.3) is 22.2 Å². The van der Waals surface area contributed by atoms with Crippen LogP contribution < -0.4 is 4.74 Å². The molecule has 0 atom stereocenters. The van der Waals surface area contributed by atoms with Gasteiger partial charge in [0.1, 0.15) is 5.75 Å². The Morgan fingerprint density at radius 2 is 1.95 bits per heavy atom. The second-order valence-electron chi connectivity index (χ2n) is 4.42. The van der Waals surface area contributed by atoms with Gasteiger partial charge >= 0.3 is 0 Å². The van der Waals surface area contributed by atoms with E-state index in [1.165, 1.54) is 0 Å². The summed E-state index contributed by atoms with van der Waals surface area (Å²) in [6, 6.07) is 12.0. The number of nitrogens with zero attached hydrogens (tertiary/aromatic N) is 2. The Labute approximate surface area is 111 Å². The van der Waals surface area contributed by atoms with Gasteiger partial charge in [0.2, 0.25) is 0 Å². The van der Waals surface area contributed by atoms with Gasteiger partial charge in [-0.25, -0.2) is 4.98 Å². The van der Waals surface area contributed by atoms with Gasteiger partial charge in [-0.3, -0.25) is 4.98 Å². The molecule has 0 amide bonds. The molecule has 0 bridgehead atoms. The molecule has 19 heavy (non-hydrogen) atoms. The van der Waals surface area contributed by atoms with Crippen molar-refractivity contribution in [1.82, 2.24) is 9.97 Å². The van der Waals surface area contributed by atoms with Crippen LogP contribution in [0.2, 0.25) is 0 Å². The molecule has 3 heteroatoms. The number of rotatable bonds is 2. The fraction of sp³-hybridized carbons (Fsp3) is 0.125. The Balaban J connectivity index is 2.27. The van der Waals surface area contributed by atoms with Crippen molar-refractivity contribution in [2.75, 3.05) is 7.11 Å². The van der Waals surface area contributed by atoms with Crippen molar-refractivity contribution in [2.45, 2.75) is 6.92 Å². The standard InChI is InChI=1S/C16H14N2O/c1-11-9-12-10-17-8-7-14(12)18-16(11)13-5-3-4-6-15(13)19-2/h3-10H,1-2H3. The Kier molecular flexibility index (Phi) is 2.88. The number of hydrogen-bond donors (Lipinski definition) is 0. The minimum Gasteiger partial charge on any atom is -0.496 e. The Hall–Kier alpha value is -2.42. The summed E-state index contributed by atoms with van der Waals surface area (Å²) in [6.45, 7) is 2.06. The number of hydrogen-bond acceptors (Lipinski definition) is 3. The van der Waals surface area contributed by atoms with Crippen LogP contribution >= 0.6 is 0 Å². The molecule has 2 heterocycles. The van der Waals surface area contributed by atoms with E-state index in [0.29, 0.717) is 0 Å². The van der Waals surface area contributed by atoms with Gasteiger partial charge in [0.05, 0.1) is 18.3 Å². The molecule has 0 aliphatic rings. The molecule has 3 nitrogen and oxygen atoms in total. The first-order chi connectivity index (χ1) is 9.29. The minimum atomic E-state index is 0.839. The molecule has 0 spiro atoms. The zero-order valence-corrected chi connectivity index (χ0v) is 10.9. The Morgan fingerprint density at radius 1 is 1.11 bits per heavy atom. The quantitative estimate of drug-likeness (QED) is 0.696. The van der Waals surface area contributed by atoms with E-state index in [4.69, 9.17) is 9.72 Å². The maximum absolute atomic E-state index is 5.41. The first kappa shape index (κ1) is 11.7. The Bertz CT molecular complexity index is 738. The molecule has 3 rings (SSSR count). The van der Waals surface area contributed by atoms with Crippen molar-refractivity contribution in [3.8, 4) is 17.0 Å². The molecule has 2 aromatic heterocycles. The van der Waals surface area contributed by atoms with Gasteiger partial charge in [-0.15, -0.1) is 0 Å². The second kappa shape index (κ2) is 4.69. The number of aryl methyl sites for hydroxylation is 1. The zero-order valence-electron chi connectivity index (χ0n) is 10.9. The van der Waals surface area contributed by atoms with Crippen LogP contribution in [-0.4, -0.2) is 17.1 Å². The third kappa shape index (κ3) is 2.03. The average Bonchev–Trinajstić information content (AvgIpc) is 2.46. The molecular formula is C16H14N2O. The van der Waals surface area contributed by atoms with Crippen LogP contribution in [0.15, 0.2) is 48.8 Å². The summed E-state index contributed by atoms with van der Waals surface area (Å²) < 4.78 is 5.41. The highest BCUT2D eigenvalue weighted by Crippen LogP contribution is 2.31. The van der Waals surface area contributed by atoms with Crippen LogP contribution in [0.5, 0.6) is 5.75 Å². The zero-order chi connectivity index (χ0) is 13.2. The smallest absolute Gasteiger partial charge is 0.128 e. The van der Waals surface area contributed by atoms with E-state index in [2.05, 4.69) is 18.0 Å². The molecule has 0 saturated carbocycles. The summed E-state index contributed by atoms with van der Waals surface area (Å²) in [5.41, 5.74) is 4.03. The van der Waals surface area contributed by atoms with E-state index in [-0.39, 0.29) is 0 Å². The van der Waals surface area contributed by atoms with Crippen LogP contribution in [0.1, 0.15) is 5.56 Å². The highest BCUT2D eigenvalue weighted by molar-refractivity contribution is 5.83. The van der Waals surface area contributed by atoms with Gasteiger partial charge in [0.15, 0.2) is 0 Å². The van der Waals surface area contributed by atoms with Crippen molar-refractivity contribution in [1.29, 1.82) is 0 Å². The lowest BCUT2D eigenvalue weighted by molar-refractivity contribution is 0.416. The SMILES string of the molecule is COc1ccccc1-c1nc2ccncc2cc1C. The number of fused-ring (bicyclic) bond motifs is 1. The second-order valence-corrected chi connectivity index (χ2v) is 4.42. The normalized spacial score (nSPS) is 10.6. The van der Waals surface area contributed by atoms with Crippen molar-refractivity contribution in [3.05, 3.63) is 54.4 Å². The van der Waals surface area contributed by atoms with E-state index in [1.54, 1.807) is 13.3 Å². The van der Waals surface area contributed by atoms with Crippen molar-refractivity contribution < 1.29 is 4.74 Å². The lowest BCUT2D eigenvalue weighted by Crippen LogP contribution is -1.93. The average molecular weight is 250 g/mol.